The Morgan fingerprint density at radius 2 is 1.91 bits per heavy atom. The van der Waals surface area contributed by atoms with Gasteiger partial charge in [0.05, 0.1) is 19.3 Å². The van der Waals surface area contributed by atoms with Crippen molar-refractivity contribution in [3.63, 3.8) is 0 Å². The molecule has 2 N–H and O–H groups in total. The summed E-state index contributed by atoms with van der Waals surface area (Å²) in [5, 5.41) is 1.14. The molecule has 166 valence electrons. The van der Waals surface area contributed by atoms with Gasteiger partial charge in [0.15, 0.2) is 17.0 Å². The lowest BCUT2D eigenvalue weighted by molar-refractivity contribution is 0.0986. The normalized spacial score (nSPS) is 20.5. The molecule has 2 saturated heterocycles. The molecule has 0 amide bonds. The third-order valence-corrected chi connectivity index (χ3v) is 6.59. The zero-order valence-electron chi connectivity index (χ0n) is 18.5. The number of hydrogen-bond donors (Lipinski definition) is 2. The predicted molar refractivity (Wildman–Crippen MR) is 126 cm³/mol. The summed E-state index contributed by atoms with van der Waals surface area (Å²) in [7, 11) is 2.16. The molecule has 0 spiro atoms. The lowest BCUT2D eigenvalue weighted by Crippen LogP contribution is -2.46. The zero-order valence-corrected chi connectivity index (χ0v) is 18.5. The largest absolute Gasteiger partial charge is 0.377 e. The van der Waals surface area contributed by atoms with E-state index in [0.29, 0.717) is 13.2 Å². The molecule has 4 aromatic rings. The number of likely N-dealkylation sites (N-methyl/N-ethyl adjacent to an activating group) is 1. The van der Waals surface area contributed by atoms with Crippen LogP contribution in [0, 0.1) is 0 Å². The van der Waals surface area contributed by atoms with Gasteiger partial charge in [0.25, 0.3) is 0 Å². The summed E-state index contributed by atoms with van der Waals surface area (Å²) in [4.78, 5) is 28.7. The summed E-state index contributed by atoms with van der Waals surface area (Å²) >= 11 is 0. The molecule has 0 radical (unpaired) electrons. The molecule has 2 aliphatic heterocycles. The van der Waals surface area contributed by atoms with Gasteiger partial charge in [0.2, 0.25) is 5.95 Å². The van der Waals surface area contributed by atoms with Crippen LogP contribution in [0.1, 0.15) is 6.92 Å². The highest BCUT2D eigenvalue weighted by atomic mass is 16.5. The summed E-state index contributed by atoms with van der Waals surface area (Å²) < 4.78 is 5.69. The van der Waals surface area contributed by atoms with Gasteiger partial charge < -0.3 is 29.4 Å². The quantitative estimate of drug-likeness (QED) is 0.514. The van der Waals surface area contributed by atoms with Gasteiger partial charge in [-0.25, -0.2) is 4.98 Å². The van der Waals surface area contributed by atoms with E-state index in [-0.39, 0.29) is 6.04 Å². The second-order valence-corrected chi connectivity index (χ2v) is 8.78. The number of anilines is 2. The van der Waals surface area contributed by atoms with E-state index in [9.17, 15) is 0 Å². The number of hydrogen-bond acceptors (Lipinski definition) is 7. The Balaban J connectivity index is 1.50. The van der Waals surface area contributed by atoms with Gasteiger partial charge >= 0.3 is 0 Å². The highest BCUT2D eigenvalue weighted by Crippen LogP contribution is 2.32. The molecule has 9 nitrogen and oxygen atoms in total. The highest BCUT2D eigenvalue weighted by Gasteiger charge is 2.27. The summed E-state index contributed by atoms with van der Waals surface area (Å²) in [5.41, 5.74) is 3.75. The van der Waals surface area contributed by atoms with E-state index in [1.54, 1.807) is 0 Å². The van der Waals surface area contributed by atoms with Crippen molar-refractivity contribution >= 4 is 33.8 Å². The van der Waals surface area contributed by atoms with Crippen LogP contribution < -0.4 is 9.80 Å². The van der Waals surface area contributed by atoms with E-state index in [2.05, 4.69) is 56.8 Å². The van der Waals surface area contributed by atoms with Gasteiger partial charge in [0, 0.05) is 55.4 Å². The van der Waals surface area contributed by atoms with Crippen molar-refractivity contribution in [3.05, 3.63) is 30.5 Å². The smallest absolute Gasteiger partial charge is 0.229 e. The van der Waals surface area contributed by atoms with E-state index >= 15 is 0 Å². The molecular formula is C23H28N8O. The fourth-order valence-corrected chi connectivity index (χ4v) is 4.68. The van der Waals surface area contributed by atoms with E-state index in [0.717, 1.165) is 77.9 Å². The maximum atomic E-state index is 5.69. The van der Waals surface area contributed by atoms with Crippen LogP contribution in [0.15, 0.2) is 30.5 Å². The molecule has 2 aliphatic rings. The van der Waals surface area contributed by atoms with E-state index in [1.165, 1.54) is 0 Å². The summed E-state index contributed by atoms with van der Waals surface area (Å²) in [6, 6.07) is 8.54. The maximum absolute atomic E-state index is 5.69. The number of piperazine rings is 1. The van der Waals surface area contributed by atoms with Gasteiger partial charge in [-0.15, -0.1) is 0 Å². The van der Waals surface area contributed by atoms with E-state index < -0.39 is 0 Å². The van der Waals surface area contributed by atoms with Crippen molar-refractivity contribution in [1.29, 1.82) is 0 Å². The van der Waals surface area contributed by atoms with Crippen LogP contribution in [0.25, 0.3) is 33.5 Å². The number of fused-ring (bicyclic) bond motifs is 2. The van der Waals surface area contributed by atoms with Crippen molar-refractivity contribution in [2.45, 2.75) is 13.0 Å². The molecular weight excluding hydrogens is 404 g/mol. The fourth-order valence-electron chi connectivity index (χ4n) is 4.68. The molecule has 3 aromatic heterocycles. The topological polar surface area (TPSA) is 89.2 Å². The first-order valence-electron chi connectivity index (χ1n) is 11.3. The molecule has 0 aliphatic carbocycles. The highest BCUT2D eigenvalue weighted by molar-refractivity contribution is 5.96. The monoisotopic (exact) mass is 432 g/mol. The van der Waals surface area contributed by atoms with Crippen LogP contribution in [0.4, 0.5) is 11.8 Å². The number of morpholine rings is 1. The number of benzene rings is 1. The second kappa shape index (κ2) is 7.75. The molecule has 2 fully saturated rings. The van der Waals surface area contributed by atoms with E-state index in [1.807, 2.05) is 12.3 Å². The number of rotatable bonds is 3. The number of nitrogens with one attached hydrogen (secondary N) is 2. The summed E-state index contributed by atoms with van der Waals surface area (Å²) in [5.74, 6) is 2.48. The number of aromatic amines is 2. The number of ether oxygens (including phenoxy) is 1. The Morgan fingerprint density at radius 3 is 2.75 bits per heavy atom. The van der Waals surface area contributed by atoms with Crippen LogP contribution in [0.3, 0.4) is 0 Å². The molecule has 6 rings (SSSR count). The molecule has 1 aromatic carbocycles. The minimum absolute atomic E-state index is 0.232. The predicted octanol–water partition coefficient (Wildman–Crippen LogP) is 2.48. The lowest BCUT2D eigenvalue weighted by atomic mass is 10.1. The average Bonchev–Trinajstić information content (AvgIpc) is 3.46. The number of H-pyrrole nitrogens is 2. The van der Waals surface area contributed by atoms with Gasteiger partial charge in [0.1, 0.15) is 5.82 Å². The van der Waals surface area contributed by atoms with Gasteiger partial charge in [-0.3, -0.25) is 0 Å². The van der Waals surface area contributed by atoms with Crippen LogP contribution in [0.2, 0.25) is 0 Å². The van der Waals surface area contributed by atoms with Crippen molar-refractivity contribution in [3.8, 4) is 11.4 Å². The third kappa shape index (κ3) is 3.28. The van der Waals surface area contributed by atoms with Crippen molar-refractivity contribution in [2.75, 3.05) is 62.8 Å². The molecule has 9 heteroatoms. The van der Waals surface area contributed by atoms with Crippen molar-refractivity contribution < 1.29 is 4.74 Å². The van der Waals surface area contributed by atoms with Gasteiger partial charge in [-0.05, 0) is 26.1 Å². The lowest BCUT2D eigenvalue weighted by Gasteiger charge is -2.36. The average molecular weight is 433 g/mol. The molecule has 5 heterocycles. The second-order valence-electron chi connectivity index (χ2n) is 8.78. The van der Waals surface area contributed by atoms with Crippen molar-refractivity contribution in [2.24, 2.45) is 0 Å². The Bertz CT molecular complexity index is 1260. The minimum Gasteiger partial charge on any atom is -0.377 e. The number of imidazole rings is 1. The van der Waals surface area contributed by atoms with Gasteiger partial charge in [-0.2, -0.15) is 9.97 Å². The third-order valence-electron chi connectivity index (χ3n) is 6.59. The zero-order chi connectivity index (χ0) is 21.7. The first-order chi connectivity index (χ1) is 15.7. The van der Waals surface area contributed by atoms with Crippen LogP contribution in [-0.2, 0) is 4.74 Å². The van der Waals surface area contributed by atoms with Crippen LogP contribution in [-0.4, -0.2) is 88.8 Å². The van der Waals surface area contributed by atoms with Crippen LogP contribution >= 0.6 is 0 Å². The fraction of sp³-hybridized carbons (Fsp3) is 0.435. The molecule has 0 unspecified atom stereocenters. The first kappa shape index (κ1) is 19.5. The first-order valence-corrected chi connectivity index (χ1v) is 11.3. The molecule has 0 bridgehead atoms. The summed E-state index contributed by atoms with van der Waals surface area (Å²) in [6.45, 7) is 8.22. The minimum atomic E-state index is 0.232. The SMILES string of the molecule is C[C@@H]1COCCN1c1nc(N2CCN(C)CC2)nc2[nH]c(-c3cccc4[nH]ccc34)nc12. The van der Waals surface area contributed by atoms with Gasteiger partial charge in [-0.1, -0.05) is 12.1 Å². The van der Waals surface area contributed by atoms with E-state index in [4.69, 9.17) is 19.7 Å². The van der Waals surface area contributed by atoms with Crippen LogP contribution in [0.5, 0.6) is 0 Å². The Hall–Kier alpha value is -3.17. The standard InChI is InChI=1S/C23H28N8O/c1-15-14-32-13-12-31(15)22-19-21(27-23(28-22)30-10-8-29(2)9-11-30)26-20(25-19)17-4-3-5-18-16(17)6-7-24-18/h3-7,15,24H,8-14H2,1-2H3,(H,25,26,27,28)/t15-/m1/s1. The molecule has 1 atom stereocenters. The Kier molecular flexibility index (Phi) is 4.73. The number of nitrogens with zero attached hydrogens (tertiary/aromatic N) is 6. The number of aromatic nitrogens is 5. The molecule has 32 heavy (non-hydrogen) atoms. The summed E-state index contributed by atoms with van der Waals surface area (Å²) in [6.07, 6.45) is 1.96. The Morgan fingerprint density at radius 1 is 1.03 bits per heavy atom. The molecule has 0 saturated carbocycles. The Labute approximate surface area is 186 Å². The van der Waals surface area contributed by atoms with Crippen molar-refractivity contribution in [1.82, 2.24) is 29.8 Å². The maximum Gasteiger partial charge on any atom is 0.229 e.